The number of carbonyl (C=O) groups excluding carboxylic acids is 2. The van der Waals surface area contributed by atoms with Gasteiger partial charge in [0.05, 0.1) is 23.2 Å². The lowest BCUT2D eigenvalue weighted by Crippen LogP contribution is -2.29. The first-order valence-corrected chi connectivity index (χ1v) is 11.9. The van der Waals surface area contributed by atoms with Gasteiger partial charge in [-0.25, -0.2) is 0 Å². The van der Waals surface area contributed by atoms with Gasteiger partial charge in [0, 0.05) is 11.3 Å². The van der Waals surface area contributed by atoms with E-state index < -0.39 is 17.7 Å². The number of ether oxygens (including phenoxy) is 1. The van der Waals surface area contributed by atoms with Gasteiger partial charge in [-0.15, -0.1) is 0 Å². The molecule has 1 amide bonds. The number of rotatable bonds is 5. The van der Waals surface area contributed by atoms with Crippen LogP contribution in [0, 0.1) is 0 Å². The Morgan fingerprint density at radius 2 is 1.66 bits per heavy atom. The Kier molecular flexibility index (Phi) is 6.73. The van der Waals surface area contributed by atoms with Crippen LogP contribution in [-0.2, 0) is 15.0 Å². The Morgan fingerprint density at radius 3 is 2.26 bits per heavy atom. The van der Waals surface area contributed by atoms with Gasteiger partial charge in [0.2, 0.25) is 0 Å². The zero-order chi connectivity index (χ0) is 25.3. The largest absolute Gasteiger partial charge is 0.507 e. The Labute approximate surface area is 210 Å². The van der Waals surface area contributed by atoms with Gasteiger partial charge in [-0.3, -0.25) is 14.5 Å². The summed E-state index contributed by atoms with van der Waals surface area (Å²) in [7, 11) is 0. The van der Waals surface area contributed by atoms with Crippen molar-refractivity contribution in [2.24, 2.45) is 0 Å². The van der Waals surface area contributed by atoms with Crippen LogP contribution < -0.4 is 9.64 Å². The van der Waals surface area contributed by atoms with E-state index in [4.69, 9.17) is 16.3 Å². The Bertz CT molecular complexity index is 1290. The molecule has 35 heavy (non-hydrogen) atoms. The third kappa shape index (κ3) is 4.69. The van der Waals surface area contributed by atoms with Crippen molar-refractivity contribution in [1.82, 2.24) is 0 Å². The predicted molar refractivity (Wildman–Crippen MR) is 139 cm³/mol. The van der Waals surface area contributed by atoms with Crippen molar-refractivity contribution in [3.05, 3.63) is 100 Å². The topological polar surface area (TPSA) is 66.8 Å². The summed E-state index contributed by atoms with van der Waals surface area (Å²) in [5, 5.41) is 11.7. The Balaban J connectivity index is 1.91. The van der Waals surface area contributed by atoms with E-state index in [-0.39, 0.29) is 16.7 Å². The van der Waals surface area contributed by atoms with Crippen LogP contribution in [0.25, 0.3) is 5.76 Å². The highest BCUT2D eigenvalue weighted by atomic mass is 35.5. The monoisotopic (exact) mass is 489 g/mol. The summed E-state index contributed by atoms with van der Waals surface area (Å²) in [6, 6.07) is 20.8. The summed E-state index contributed by atoms with van der Waals surface area (Å²) in [4.78, 5) is 28.0. The number of Topliss-reactive ketones (excluding diaryl/α,β-unsaturated/α-hetero) is 1. The second kappa shape index (κ2) is 9.59. The van der Waals surface area contributed by atoms with E-state index in [1.807, 2.05) is 49.4 Å². The zero-order valence-electron chi connectivity index (χ0n) is 20.2. The van der Waals surface area contributed by atoms with E-state index in [9.17, 15) is 14.7 Å². The molecule has 5 nitrogen and oxygen atoms in total. The van der Waals surface area contributed by atoms with E-state index in [0.717, 1.165) is 11.1 Å². The fraction of sp³-hybridized carbons (Fsp3) is 0.241. The first kappa shape index (κ1) is 24.6. The van der Waals surface area contributed by atoms with E-state index in [0.29, 0.717) is 28.6 Å². The van der Waals surface area contributed by atoms with Crippen molar-refractivity contribution < 1.29 is 19.4 Å². The van der Waals surface area contributed by atoms with Crippen LogP contribution in [0.5, 0.6) is 5.75 Å². The molecule has 1 heterocycles. The van der Waals surface area contributed by atoms with Crippen molar-refractivity contribution in [1.29, 1.82) is 0 Å². The molecule has 1 atom stereocenters. The fourth-order valence-corrected chi connectivity index (χ4v) is 4.41. The normalized spacial score (nSPS) is 17.6. The van der Waals surface area contributed by atoms with Crippen molar-refractivity contribution in [2.75, 3.05) is 11.5 Å². The maximum atomic E-state index is 13.3. The van der Waals surface area contributed by atoms with Crippen LogP contribution >= 0.6 is 11.6 Å². The van der Waals surface area contributed by atoms with Crippen molar-refractivity contribution in [3.8, 4) is 5.75 Å². The molecule has 3 aromatic carbocycles. The SMILES string of the molecule is CCOc1cc(/C(O)=C2/C(=O)C(=O)N(c3ccccc3)C2c2ccc(C(C)(C)C)cc2)ccc1Cl. The van der Waals surface area contributed by atoms with Gasteiger partial charge in [-0.2, -0.15) is 0 Å². The van der Waals surface area contributed by atoms with Crippen LogP contribution in [0.4, 0.5) is 5.69 Å². The first-order valence-electron chi connectivity index (χ1n) is 11.5. The maximum Gasteiger partial charge on any atom is 0.300 e. The number of ketones is 1. The molecule has 1 unspecified atom stereocenters. The Hall–Kier alpha value is -3.57. The summed E-state index contributed by atoms with van der Waals surface area (Å²) in [6.07, 6.45) is 0. The smallest absolute Gasteiger partial charge is 0.300 e. The minimum atomic E-state index is -0.794. The number of halogens is 1. The minimum Gasteiger partial charge on any atom is -0.507 e. The maximum absolute atomic E-state index is 13.3. The number of anilines is 1. The molecule has 4 rings (SSSR count). The first-order chi connectivity index (χ1) is 16.6. The predicted octanol–water partition coefficient (Wildman–Crippen LogP) is 6.66. The van der Waals surface area contributed by atoms with E-state index in [1.165, 1.54) is 4.90 Å². The van der Waals surface area contributed by atoms with E-state index in [2.05, 4.69) is 20.8 Å². The molecule has 6 heteroatoms. The quantitative estimate of drug-likeness (QED) is 0.247. The standard InChI is InChI=1S/C29H28ClNO4/c1-5-35-23-17-19(13-16-22(23)30)26(32)24-25(18-11-14-20(15-12-18)29(2,3)4)31(28(34)27(24)33)21-9-7-6-8-10-21/h6-17,25,32H,5H2,1-4H3/b26-24-. The van der Waals surface area contributed by atoms with Gasteiger partial charge in [0.1, 0.15) is 11.5 Å². The number of aliphatic hydroxyl groups excluding tert-OH is 1. The molecule has 1 N–H and O–H groups in total. The van der Waals surface area contributed by atoms with Gasteiger partial charge in [0.15, 0.2) is 0 Å². The molecule has 0 aliphatic carbocycles. The average molecular weight is 490 g/mol. The lowest BCUT2D eigenvalue weighted by atomic mass is 9.85. The van der Waals surface area contributed by atoms with Gasteiger partial charge < -0.3 is 9.84 Å². The number of hydrogen-bond acceptors (Lipinski definition) is 4. The number of aliphatic hydroxyl groups is 1. The highest BCUT2D eigenvalue weighted by molar-refractivity contribution is 6.51. The molecular formula is C29H28ClNO4. The summed E-state index contributed by atoms with van der Waals surface area (Å²) < 4.78 is 5.56. The van der Waals surface area contributed by atoms with Crippen molar-refractivity contribution in [2.45, 2.75) is 39.2 Å². The van der Waals surface area contributed by atoms with Crippen LogP contribution in [0.1, 0.15) is 50.4 Å². The van der Waals surface area contributed by atoms with Crippen molar-refractivity contribution >= 4 is 34.7 Å². The molecule has 0 radical (unpaired) electrons. The van der Waals surface area contributed by atoms with Crippen LogP contribution in [-0.4, -0.2) is 23.4 Å². The van der Waals surface area contributed by atoms with Crippen molar-refractivity contribution in [3.63, 3.8) is 0 Å². The molecule has 1 aliphatic heterocycles. The molecule has 0 saturated carbocycles. The number of nitrogens with zero attached hydrogens (tertiary/aromatic N) is 1. The fourth-order valence-electron chi connectivity index (χ4n) is 4.24. The van der Waals surface area contributed by atoms with Gasteiger partial charge >= 0.3 is 0 Å². The number of amides is 1. The third-order valence-electron chi connectivity index (χ3n) is 6.08. The average Bonchev–Trinajstić information content (AvgIpc) is 3.10. The molecule has 180 valence electrons. The van der Waals surface area contributed by atoms with Gasteiger partial charge in [-0.1, -0.05) is 74.8 Å². The lowest BCUT2D eigenvalue weighted by Gasteiger charge is -2.26. The molecular weight excluding hydrogens is 462 g/mol. The highest BCUT2D eigenvalue weighted by Crippen LogP contribution is 2.43. The second-order valence-electron chi connectivity index (χ2n) is 9.45. The minimum absolute atomic E-state index is 0.0205. The van der Waals surface area contributed by atoms with Crippen LogP contribution in [0.2, 0.25) is 5.02 Å². The summed E-state index contributed by atoms with van der Waals surface area (Å²) in [5.41, 5.74) is 2.73. The van der Waals surface area contributed by atoms with Gasteiger partial charge in [-0.05, 0) is 53.8 Å². The summed E-state index contributed by atoms with van der Waals surface area (Å²) in [5.74, 6) is -1.32. The summed E-state index contributed by atoms with van der Waals surface area (Å²) in [6.45, 7) is 8.58. The van der Waals surface area contributed by atoms with Crippen LogP contribution in [0.3, 0.4) is 0 Å². The molecule has 0 bridgehead atoms. The second-order valence-corrected chi connectivity index (χ2v) is 9.86. The summed E-state index contributed by atoms with van der Waals surface area (Å²) >= 11 is 6.22. The zero-order valence-corrected chi connectivity index (χ0v) is 21.0. The molecule has 0 aromatic heterocycles. The molecule has 1 aliphatic rings. The van der Waals surface area contributed by atoms with Crippen LogP contribution in [0.15, 0.2) is 78.4 Å². The number of hydrogen-bond donors (Lipinski definition) is 1. The van der Waals surface area contributed by atoms with Gasteiger partial charge in [0.25, 0.3) is 11.7 Å². The molecule has 3 aromatic rings. The van der Waals surface area contributed by atoms with E-state index >= 15 is 0 Å². The van der Waals surface area contributed by atoms with E-state index in [1.54, 1.807) is 30.3 Å². The molecule has 1 fully saturated rings. The molecule has 1 saturated heterocycles. The number of carbonyl (C=O) groups is 2. The third-order valence-corrected chi connectivity index (χ3v) is 6.39. The Morgan fingerprint density at radius 1 is 1.00 bits per heavy atom. The number of benzene rings is 3. The highest BCUT2D eigenvalue weighted by Gasteiger charge is 2.47. The molecule has 0 spiro atoms. The lowest BCUT2D eigenvalue weighted by molar-refractivity contribution is -0.132. The number of para-hydroxylation sites is 1.